The van der Waals surface area contributed by atoms with Crippen molar-refractivity contribution in [1.29, 1.82) is 0 Å². The summed E-state index contributed by atoms with van der Waals surface area (Å²) in [6.45, 7) is 35.4. The van der Waals surface area contributed by atoms with E-state index >= 15 is 0 Å². The molecule has 0 aromatic carbocycles. The number of ether oxygens (including phenoxy) is 12. The zero-order valence-electron chi connectivity index (χ0n) is 76.0. The molecule has 14 aliphatic rings. The molecule has 20 nitrogen and oxygen atoms in total. The molecule has 22 heteroatoms. The molecule has 26 atom stereocenters. The van der Waals surface area contributed by atoms with Gasteiger partial charge in [-0.2, -0.15) is 0 Å². The SMILES string of the molecule is CC(C)(C)C1CCC(C2CC3CCOC3O2)S1(=O)=O.[2H]C([2H])(N1CC2OCCOC2C1)C(C)(C)C.[2H]C1(C)COC2OC([2H])([2H])C(C(C)(C)C)C21.[2H]C1(O)C(C(C)(C)C)OC2OC([2H])(C)C([2H])([2H])C21.[2H]C1(O)COC2OC(C3C([2H])([2H])C([2H])([2H])C(C(C)(C)C)S3(=O)=O)CC21.[2H]C1([2H])OC2OCC(C(C)(C)C)C2C1([2H])O. The van der Waals surface area contributed by atoms with Crippen molar-refractivity contribution in [3.8, 4) is 0 Å². The molecule has 0 aromatic heterocycles. The summed E-state index contributed by atoms with van der Waals surface area (Å²) in [5, 5.41) is 26.6. The third-order valence-corrected chi connectivity index (χ3v) is 25.6. The summed E-state index contributed by atoms with van der Waals surface area (Å²) in [4.78, 5) is 1.85. The van der Waals surface area contributed by atoms with Crippen molar-refractivity contribution in [2.45, 2.75) is 297 Å². The predicted octanol–water partition coefficient (Wildman–Crippen LogP) is 9.21. The van der Waals surface area contributed by atoms with E-state index in [0.717, 1.165) is 32.3 Å². The molecule has 0 spiro atoms. The summed E-state index contributed by atoms with van der Waals surface area (Å²) in [5.74, 6) is -3.54. The van der Waals surface area contributed by atoms with E-state index in [1.165, 1.54) is 6.92 Å². The van der Waals surface area contributed by atoms with Gasteiger partial charge in [0.25, 0.3) is 0 Å². The molecule has 0 radical (unpaired) electrons. The first-order valence-corrected chi connectivity index (χ1v) is 36.9. The van der Waals surface area contributed by atoms with Gasteiger partial charge < -0.3 is 72.2 Å². The summed E-state index contributed by atoms with van der Waals surface area (Å²) >= 11 is 0. The lowest BCUT2D eigenvalue weighted by Crippen LogP contribution is -2.38. The lowest BCUT2D eigenvalue weighted by molar-refractivity contribution is -0.159. The van der Waals surface area contributed by atoms with Crippen molar-refractivity contribution in [2.24, 2.45) is 79.8 Å². The molecule has 0 amide bonds. The van der Waals surface area contributed by atoms with Gasteiger partial charge in [-0.1, -0.05) is 132 Å². The highest BCUT2D eigenvalue weighted by Crippen LogP contribution is 2.50. The molecule has 14 heterocycles. The van der Waals surface area contributed by atoms with Gasteiger partial charge in [-0.05, 0) is 108 Å². The van der Waals surface area contributed by atoms with Gasteiger partial charge in [-0.3, -0.25) is 4.90 Å². The Morgan fingerprint density at radius 2 is 1.06 bits per heavy atom. The monoisotopic (exact) mass is 1380 g/mol. The third-order valence-electron chi connectivity index (χ3n) is 19.9. The van der Waals surface area contributed by atoms with E-state index in [4.69, 9.17) is 80.1 Å². The van der Waals surface area contributed by atoms with Gasteiger partial charge in [0, 0.05) is 61.5 Å². The Morgan fingerprint density at radius 1 is 0.495 bits per heavy atom. The van der Waals surface area contributed by atoms with Gasteiger partial charge in [-0.25, -0.2) is 16.8 Å². The Morgan fingerprint density at radius 3 is 1.61 bits per heavy atom. The molecule has 0 aromatic rings. The van der Waals surface area contributed by atoms with Crippen LogP contribution in [-0.2, 0) is 76.5 Å². The average molecular weight is 1380 g/mol. The van der Waals surface area contributed by atoms with Crippen LogP contribution in [0.5, 0.6) is 0 Å². The highest BCUT2D eigenvalue weighted by molar-refractivity contribution is 7.93. The van der Waals surface area contributed by atoms with Gasteiger partial charge in [0.15, 0.2) is 51.1 Å². The molecule has 0 aliphatic carbocycles. The molecule has 14 aliphatic heterocycles. The first-order chi connectivity index (χ1) is 49.1. The van der Waals surface area contributed by atoms with Gasteiger partial charge >= 0.3 is 0 Å². The fourth-order valence-corrected chi connectivity index (χ4v) is 20.3. The highest BCUT2D eigenvalue weighted by atomic mass is 32.2. The van der Waals surface area contributed by atoms with E-state index in [0.29, 0.717) is 45.4 Å². The first-order valence-electron chi connectivity index (χ1n) is 42.2. The van der Waals surface area contributed by atoms with E-state index in [2.05, 4.69) is 0 Å². The minimum atomic E-state index is -4.23. The molecule has 542 valence electrons. The second-order valence-electron chi connectivity index (χ2n) is 34.0. The number of nitrogens with zero attached hydrogens (tertiary/aromatic N) is 1. The largest absolute Gasteiger partial charge is 0.390 e. The number of aliphatic hydroxyl groups is 3. The highest BCUT2D eigenvalue weighted by Gasteiger charge is 2.58. The van der Waals surface area contributed by atoms with Crippen molar-refractivity contribution >= 4 is 19.7 Å². The van der Waals surface area contributed by atoms with Gasteiger partial charge in [0.05, 0.1) is 140 Å². The fraction of sp³-hybridized carbons (Fsp3) is 1.00. The van der Waals surface area contributed by atoms with Crippen LogP contribution in [0.4, 0.5) is 0 Å². The zero-order chi connectivity index (χ0) is 83.9. The third kappa shape index (κ3) is 17.8. The smallest absolute Gasteiger partial charge is 0.163 e. The minimum Gasteiger partial charge on any atom is -0.390 e. The molecule has 14 fully saturated rings. The topological polar surface area (TPSA) is 243 Å². The Labute approximate surface area is 584 Å². The number of hydrogen-bond acceptors (Lipinski definition) is 20. The van der Waals surface area contributed by atoms with Gasteiger partial charge in [-0.15, -0.1) is 0 Å². The van der Waals surface area contributed by atoms with E-state index < -0.39 is 170 Å². The number of sulfone groups is 2. The van der Waals surface area contributed by atoms with Crippen LogP contribution in [0.1, 0.15) is 213 Å². The number of likely N-dealkylation sites (tertiary alicyclic amines) is 1. The summed E-state index contributed by atoms with van der Waals surface area (Å²) in [5.41, 5.74) is -2.50. The molecule has 26 unspecified atom stereocenters. The lowest BCUT2D eigenvalue weighted by Gasteiger charge is -2.31. The van der Waals surface area contributed by atoms with Crippen molar-refractivity contribution in [2.75, 3.05) is 72.3 Å². The van der Waals surface area contributed by atoms with Crippen LogP contribution < -0.4 is 0 Å². The second-order valence-corrected chi connectivity index (χ2v) is 38.5. The van der Waals surface area contributed by atoms with Crippen molar-refractivity contribution in [3.63, 3.8) is 0 Å². The van der Waals surface area contributed by atoms with Crippen molar-refractivity contribution in [1.82, 2.24) is 4.90 Å². The molecule has 0 saturated carbocycles. The van der Waals surface area contributed by atoms with Crippen LogP contribution in [0.2, 0.25) is 0 Å². The first kappa shape index (κ1) is 55.9. The Hall–Kier alpha value is -0.740. The van der Waals surface area contributed by atoms with Crippen LogP contribution in [0.3, 0.4) is 0 Å². The summed E-state index contributed by atoms with van der Waals surface area (Å²) in [6.07, 6.45) is -17.8. The molecule has 93 heavy (non-hydrogen) atoms. The Kier molecular flexibility index (Phi) is 17.6. The summed E-state index contributed by atoms with van der Waals surface area (Å²) in [7, 11) is -7.31. The standard InChI is InChI=1S/C14H24O5S.C14H24O4S.C11H21NO2.C11H20O3.C11H20O2.C10H18O3/c1-14(2,3)12-5-4-11(20(12,16)17)10-6-8-9(15)7-18-13(8)19-10;1-14(2,3)12-5-4-11(19(12,15)16)10-8-9-6-7-17-13(9)18-10;1-11(2,3)8-12-6-9-10(7-12)14-5-4-13-9;1-6-5-7-8(12)9(11(2,3)4)14-10(7)13-6;1-7-5-12-10-9(7)8(6-13-10)11(2,3)4;1-10(2,3)6-4-12-9-8(6)7(11)5-13-9/h8-13,15H,4-7H2,1-3H3;9-13H,4-8H2,1-3H3;9-10H,4-8H2,1-3H3;6-10,12H,5H2,1-4H3;7-10H,5-6H2,1-4H3;6-9,11H,4-5H2,1-3H3/i4D2,5D2,9D;;8D2;5D2,6D,8D;6D2,7D;5D2,7D. The molecule has 14 saturated heterocycles. The van der Waals surface area contributed by atoms with Gasteiger partial charge in [0.1, 0.15) is 0 Å². The maximum atomic E-state index is 13.1. The quantitative estimate of drug-likeness (QED) is 0.238. The molecular weight excluding hydrogens is 1230 g/mol. The van der Waals surface area contributed by atoms with Gasteiger partial charge in [0.2, 0.25) is 0 Å². The predicted molar refractivity (Wildman–Crippen MR) is 354 cm³/mol. The van der Waals surface area contributed by atoms with Crippen LogP contribution in [0.15, 0.2) is 0 Å². The number of fused-ring (bicyclic) bond motifs is 6. The minimum absolute atomic E-state index is 0.0474. The number of rotatable bonds is 3. The van der Waals surface area contributed by atoms with E-state index in [-0.39, 0.29) is 82.1 Å². The van der Waals surface area contributed by atoms with E-state index in [1.807, 2.05) is 109 Å². The fourth-order valence-electron chi connectivity index (χ4n) is 15.1. The van der Waals surface area contributed by atoms with E-state index in [1.54, 1.807) is 27.7 Å². The average Bonchev–Trinajstić information content (AvgIpc) is 1.53. The maximum absolute atomic E-state index is 13.1. The van der Waals surface area contributed by atoms with Crippen LogP contribution >= 0.6 is 0 Å². The molecular formula is C71H127NO19S2. The molecule has 3 N–H and O–H groups in total. The van der Waals surface area contributed by atoms with Crippen LogP contribution in [0.25, 0.3) is 0 Å². The molecule has 14 rings (SSSR count). The Balaban J connectivity index is 0.000000153. The normalized spacial score (nSPS) is 54.1. The summed E-state index contributed by atoms with van der Waals surface area (Å²) < 4.78 is 253. The zero-order valence-corrected chi connectivity index (χ0v) is 60.6. The number of hydrogen-bond donors (Lipinski definition) is 3. The van der Waals surface area contributed by atoms with E-state index in [9.17, 15) is 32.2 Å². The maximum Gasteiger partial charge on any atom is 0.163 e. The Bertz CT molecular complexity index is 3460. The second kappa shape index (κ2) is 29.3. The van der Waals surface area contributed by atoms with Crippen LogP contribution in [-0.4, -0.2) is 217 Å². The van der Waals surface area contributed by atoms with Crippen molar-refractivity contribution in [3.05, 3.63) is 0 Å². The van der Waals surface area contributed by atoms with Crippen molar-refractivity contribution < 1.29 is 112 Å². The van der Waals surface area contributed by atoms with Crippen LogP contribution in [0, 0.1) is 79.8 Å². The summed E-state index contributed by atoms with van der Waals surface area (Å²) in [6, 6.07) is 0. The lowest BCUT2D eigenvalue weighted by atomic mass is 9.71. The molecule has 0 bridgehead atoms.